The lowest BCUT2D eigenvalue weighted by molar-refractivity contribution is -0.385. The molecule has 2 N–H and O–H groups in total. The molecule has 0 fully saturated rings. The number of sulfone groups is 1. The number of ether oxygens (including phenoxy) is 1. The second-order valence-corrected chi connectivity index (χ2v) is 8.46. The van der Waals surface area contributed by atoms with Gasteiger partial charge in [0.15, 0.2) is 0 Å². The highest BCUT2D eigenvalue weighted by molar-refractivity contribution is 7.91. The van der Waals surface area contributed by atoms with Crippen molar-refractivity contribution in [2.75, 3.05) is 18.2 Å². The van der Waals surface area contributed by atoms with Crippen LogP contribution in [0.15, 0.2) is 28.2 Å². The summed E-state index contributed by atoms with van der Waals surface area (Å²) in [5, 5.41) is 13.4. The van der Waals surface area contributed by atoms with Gasteiger partial charge in [-0.2, -0.15) is 0 Å². The summed E-state index contributed by atoms with van der Waals surface area (Å²) in [5.74, 6) is -1.70. The van der Waals surface area contributed by atoms with Gasteiger partial charge in [-0.25, -0.2) is 13.4 Å². The predicted octanol–water partition coefficient (Wildman–Crippen LogP) is 1.34. The molecule has 1 amide bonds. The quantitative estimate of drug-likeness (QED) is 0.400. The number of rotatable bonds is 6. The summed E-state index contributed by atoms with van der Waals surface area (Å²) >= 11 is 0. The van der Waals surface area contributed by atoms with Crippen LogP contribution in [0.5, 0.6) is 5.75 Å². The van der Waals surface area contributed by atoms with Crippen molar-refractivity contribution in [3.63, 3.8) is 0 Å². The van der Waals surface area contributed by atoms with E-state index in [0.717, 1.165) is 0 Å². The maximum Gasteiger partial charge on any atom is 0.276 e. The van der Waals surface area contributed by atoms with E-state index in [1.807, 2.05) is 0 Å². The molecule has 2 aromatic rings. The van der Waals surface area contributed by atoms with Gasteiger partial charge in [-0.1, -0.05) is 6.92 Å². The first kappa shape index (κ1) is 20.5. The van der Waals surface area contributed by atoms with Gasteiger partial charge in [0.1, 0.15) is 11.6 Å². The first-order valence-corrected chi connectivity index (χ1v) is 10.3. The van der Waals surface area contributed by atoms with Crippen LogP contribution in [0.1, 0.15) is 36.8 Å². The lowest BCUT2D eigenvalue weighted by atomic mass is 9.86. The van der Waals surface area contributed by atoms with E-state index >= 15 is 0 Å². The van der Waals surface area contributed by atoms with Gasteiger partial charge in [-0.15, -0.1) is 0 Å². The highest BCUT2D eigenvalue weighted by Crippen LogP contribution is 2.39. The molecule has 12 heteroatoms. The normalized spacial score (nSPS) is 16.1. The van der Waals surface area contributed by atoms with Crippen LogP contribution in [-0.2, 0) is 14.6 Å². The number of aromatic nitrogens is 2. The Bertz CT molecular complexity index is 1160. The Morgan fingerprint density at radius 2 is 2.07 bits per heavy atom. The average molecular weight is 422 g/mol. The number of nitro benzene ring substituents is 1. The van der Waals surface area contributed by atoms with E-state index in [-0.39, 0.29) is 40.6 Å². The molecule has 0 saturated heterocycles. The van der Waals surface area contributed by atoms with Crippen molar-refractivity contribution < 1.29 is 22.9 Å². The molecular weight excluding hydrogens is 404 g/mol. The third-order valence-corrected chi connectivity index (χ3v) is 6.23. The number of nitrogens with one attached hydrogen (secondary N) is 2. The first-order chi connectivity index (χ1) is 13.7. The number of hydrogen-bond donors (Lipinski definition) is 2. The molecule has 3 rings (SSSR count). The summed E-state index contributed by atoms with van der Waals surface area (Å²) in [6.07, 6.45) is 0.0855. The number of nitro groups is 1. The van der Waals surface area contributed by atoms with Crippen LogP contribution < -0.4 is 15.6 Å². The Hall–Kier alpha value is -3.28. The van der Waals surface area contributed by atoms with Crippen LogP contribution in [0.2, 0.25) is 0 Å². The second-order valence-electron chi connectivity index (χ2n) is 6.44. The van der Waals surface area contributed by atoms with E-state index in [9.17, 15) is 28.1 Å². The van der Waals surface area contributed by atoms with Crippen molar-refractivity contribution in [1.29, 1.82) is 0 Å². The molecule has 2 heterocycles. The van der Waals surface area contributed by atoms with Gasteiger partial charge >= 0.3 is 0 Å². The average Bonchev–Trinajstić information content (AvgIpc) is 2.66. The summed E-state index contributed by atoms with van der Waals surface area (Å²) in [6.45, 7) is 1.66. The predicted molar refractivity (Wildman–Crippen MR) is 102 cm³/mol. The molecule has 0 spiro atoms. The smallest absolute Gasteiger partial charge is 0.276 e. The molecule has 1 aromatic carbocycles. The Morgan fingerprint density at radius 3 is 2.69 bits per heavy atom. The zero-order chi connectivity index (χ0) is 21.3. The van der Waals surface area contributed by atoms with Gasteiger partial charge in [0.05, 0.1) is 29.4 Å². The number of fused-ring (bicyclic) bond motifs is 1. The molecular formula is C17H18N4O7S. The molecule has 11 nitrogen and oxygen atoms in total. The lowest BCUT2D eigenvalue weighted by Gasteiger charge is -2.24. The lowest BCUT2D eigenvalue weighted by Crippen LogP contribution is -2.33. The number of hydrogen-bond acceptors (Lipinski definition) is 8. The van der Waals surface area contributed by atoms with E-state index in [4.69, 9.17) is 4.74 Å². The van der Waals surface area contributed by atoms with Crippen molar-refractivity contribution in [2.45, 2.75) is 30.8 Å². The largest absolute Gasteiger partial charge is 0.497 e. The Labute approximate surface area is 165 Å². The van der Waals surface area contributed by atoms with Gasteiger partial charge in [0.25, 0.3) is 11.2 Å². The summed E-state index contributed by atoms with van der Waals surface area (Å²) in [4.78, 5) is 42.0. The monoisotopic (exact) mass is 422 g/mol. The summed E-state index contributed by atoms with van der Waals surface area (Å²) in [6, 6.07) is 4.09. The fraction of sp³-hybridized carbons (Fsp3) is 0.353. The minimum atomic E-state index is -3.84. The number of amides is 1. The number of H-pyrrole nitrogens is 1. The summed E-state index contributed by atoms with van der Waals surface area (Å²) < 4.78 is 29.5. The van der Waals surface area contributed by atoms with Gasteiger partial charge < -0.3 is 10.1 Å². The van der Waals surface area contributed by atoms with Gasteiger partial charge in [0.2, 0.25) is 20.9 Å². The number of benzene rings is 1. The standard InChI is InChI=1S/C17H18N4O7S/c1-3-6-29(26,27)17-19-15-14(16(23)20-17)11(8-13(22)18-15)10-5-4-9(28-2)7-12(10)21(24)25/h4-5,7,11H,3,6,8H2,1-2H3,(H2,18,19,20,22,23)/t11-/m1/s1. The van der Waals surface area contributed by atoms with E-state index in [0.29, 0.717) is 6.42 Å². The van der Waals surface area contributed by atoms with Crippen LogP contribution in [0.25, 0.3) is 0 Å². The van der Waals surface area contributed by atoms with Crippen LogP contribution in [0.4, 0.5) is 11.5 Å². The van der Waals surface area contributed by atoms with Crippen LogP contribution >= 0.6 is 0 Å². The minimum Gasteiger partial charge on any atom is -0.497 e. The number of carbonyl (C=O) groups excluding carboxylic acids is 1. The van der Waals surface area contributed by atoms with Crippen LogP contribution in [0.3, 0.4) is 0 Å². The number of anilines is 1. The summed E-state index contributed by atoms with van der Waals surface area (Å²) in [7, 11) is -2.48. The molecule has 1 aliphatic rings. The third kappa shape index (κ3) is 3.83. The Balaban J connectivity index is 2.21. The Morgan fingerprint density at radius 1 is 1.34 bits per heavy atom. The topological polar surface area (TPSA) is 161 Å². The molecule has 29 heavy (non-hydrogen) atoms. The highest BCUT2D eigenvalue weighted by atomic mass is 32.2. The highest BCUT2D eigenvalue weighted by Gasteiger charge is 2.36. The zero-order valence-corrected chi connectivity index (χ0v) is 16.4. The van der Waals surface area contributed by atoms with Gasteiger partial charge in [-0.3, -0.25) is 24.7 Å². The molecule has 154 valence electrons. The number of aromatic amines is 1. The maximum atomic E-state index is 12.7. The van der Waals surface area contributed by atoms with Crippen molar-refractivity contribution in [1.82, 2.24) is 9.97 Å². The Kier molecular flexibility index (Phi) is 5.38. The van der Waals surface area contributed by atoms with E-state index in [1.54, 1.807) is 6.92 Å². The first-order valence-electron chi connectivity index (χ1n) is 8.67. The number of carbonyl (C=O) groups is 1. The molecule has 1 aromatic heterocycles. The fourth-order valence-corrected chi connectivity index (χ4v) is 4.44. The van der Waals surface area contributed by atoms with Crippen molar-refractivity contribution >= 4 is 27.2 Å². The van der Waals surface area contributed by atoms with E-state index < -0.39 is 37.3 Å². The molecule has 0 saturated carbocycles. The van der Waals surface area contributed by atoms with Crippen LogP contribution in [0, 0.1) is 10.1 Å². The molecule has 1 aliphatic heterocycles. The minimum absolute atomic E-state index is 0.0340. The fourth-order valence-electron chi connectivity index (χ4n) is 3.23. The molecule has 0 radical (unpaired) electrons. The van der Waals surface area contributed by atoms with Gasteiger partial charge in [-0.05, 0) is 18.6 Å². The van der Waals surface area contributed by atoms with Crippen LogP contribution in [-0.4, -0.2) is 42.1 Å². The molecule has 0 bridgehead atoms. The number of nitrogens with zero attached hydrogens (tertiary/aromatic N) is 2. The molecule has 1 atom stereocenters. The number of methoxy groups -OCH3 is 1. The maximum absolute atomic E-state index is 12.7. The second kappa shape index (κ2) is 7.62. The van der Waals surface area contributed by atoms with Crippen molar-refractivity contribution in [2.24, 2.45) is 0 Å². The zero-order valence-electron chi connectivity index (χ0n) is 15.6. The third-order valence-electron chi connectivity index (χ3n) is 4.51. The van der Waals surface area contributed by atoms with Crippen molar-refractivity contribution in [3.8, 4) is 5.75 Å². The van der Waals surface area contributed by atoms with Crippen molar-refractivity contribution in [3.05, 3.63) is 49.8 Å². The molecule has 0 unspecified atom stereocenters. The molecule has 0 aliphatic carbocycles. The van der Waals surface area contributed by atoms with E-state index in [1.165, 1.54) is 25.3 Å². The van der Waals surface area contributed by atoms with Gasteiger partial charge in [0, 0.05) is 17.9 Å². The summed E-state index contributed by atoms with van der Waals surface area (Å²) in [5.41, 5.74) is -1.01. The van der Waals surface area contributed by atoms with E-state index in [2.05, 4.69) is 15.3 Å². The SMILES string of the molecule is CCCS(=O)(=O)c1nc2c(c(=O)[nH]1)[C@@H](c1ccc(OC)cc1[N+](=O)[O-])CC(=O)N2.